The first-order valence-corrected chi connectivity index (χ1v) is 20.6. The Hall–Kier alpha value is -7.60. The molecule has 0 fully saturated rings. The summed E-state index contributed by atoms with van der Waals surface area (Å²) < 4.78 is 2.45. The van der Waals surface area contributed by atoms with Crippen molar-refractivity contribution in [2.75, 3.05) is 0 Å². The molecule has 0 aliphatic heterocycles. The molecule has 0 spiro atoms. The van der Waals surface area contributed by atoms with Gasteiger partial charge in [0, 0.05) is 43.1 Å². The first-order chi connectivity index (χ1) is 29.2. The van der Waals surface area contributed by atoms with Crippen LogP contribution in [0.2, 0.25) is 0 Å². The number of thiophene rings is 1. The summed E-state index contributed by atoms with van der Waals surface area (Å²) in [7, 11) is 0. The van der Waals surface area contributed by atoms with Gasteiger partial charge in [-0.05, 0) is 67.7 Å². The van der Waals surface area contributed by atoms with E-state index in [0.29, 0.717) is 17.5 Å². The molecule has 0 amide bonds. The summed E-state index contributed by atoms with van der Waals surface area (Å²) in [6.45, 7) is 0. The zero-order chi connectivity index (χ0) is 38.9. The molecule has 59 heavy (non-hydrogen) atoms. The molecule has 0 aliphatic rings. The van der Waals surface area contributed by atoms with E-state index in [2.05, 4.69) is 164 Å². The Kier molecular flexibility index (Phi) is 7.68. The first kappa shape index (κ1) is 33.5. The summed E-state index contributed by atoms with van der Waals surface area (Å²) in [5, 5.41) is 11.3. The van der Waals surface area contributed by atoms with Gasteiger partial charge in [-0.25, -0.2) is 19.9 Å². The number of hydrogen-bond donors (Lipinski definition) is 0. The van der Waals surface area contributed by atoms with Gasteiger partial charge in [0.2, 0.25) is 0 Å². The molecule has 9 aromatic carbocycles. The number of rotatable bonds is 5. The number of aromatic nitrogens is 4. The topological polar surface area (TPSA) is 51.6 Å². The largest absolute Gasteiger partial charge is 0.246 e. The van der Waals surface area contributed by atoms with Gasteiger partial charge in [-0.2, -0.15) is 0 Å². The van der Waals surface area contributed by atoms with E-state index in [1.54, 1.807) is 11.3 Å². The Morgan fingerprint density at radius 2 is 0.763 bits per heavy atom. The van der Waals surface area contributed by atoms with E-state index in [9.17, 15) is 0 Å². The van der Waals surface area contributed by atoms with E-state index >= 15 is 0 Å². The molecule has 0 saturated heterocycles. The van der Waals surface area contributed by atoms with E-state index in [0.717, 1.165) is 44.6 Å². The van der Waals surface area contributed by atoms with Crippen molar-refractivity contribution in [3.63, 3.8) is 0 Å². The Labute approximate surface area is 343 Å². The van der Waals surface area contributed by atoms with Crippen LogP contribution >= 0.6 is 11.3 Å². The standard InChI is InChI=1S/C54H32N4S/c1-2-13-34(14-3-1)52-56-53(35-27-25-33(26-28-35)50-51-49(44-21-8-10-23-47(44)55-50)45-22-9-11-24-48(45)59-51)58-54(57-52)38-16-12-15-36(31-38)37-29-30-43-41-19-5-4-17-39(41)40-18-6-7-20-42(40)46(43)32-37/h1-32H. The number of benzene rings is 9. The summed E-state index contributed by atoms with van der Waals surface area (Å²) in [5.74, 6) is 1.88. The summed E-state index contributed by atoms with van der Waals surface area (Å²) in [6.07, 6.45) is 0. The van der Waals surface area contributed by atoms with Crippen LogP contribution in [0.1, 0.15) is 0 Å². The van der Waals surface area contributed by atoms with Crippen molar-refractivity contribution < 1.29 is 0 Å². The minimum absolute atomic E-state index is 0.619. The van der Waals surface area contributed by atoms with E-state index in [1.807, 2.05) is 30.3 Å². The fourth-order valence-corrected chi connectivity index (χ4v) is 9.91. The van der Waals surface area contributed by atoms with Crippen molar-refractivity contribution >= 4 is 74.7 Å². The minimum Gasteiger partial charge on any atom is -0.246 e. The molecule has 3 heterocycles. The zero-order valence-electron chi connectivity index (χ0n) is 31.7. The third kappa shape index (κ3) is 5.58. The summed E-state index contributed by atoms with van der Waals surface area (Å²) >= 11 is 1.80. The highest BCUT2D eigenvalue weighted by Gasteiger charge is 2.18. The van der Waals surface area contributed by atoms with Gasteiger partial charge in [0.25, 0.3) is 0 Å². The van der Waals surface area contributed by atoms with Gasteiger partial charge < -0.3 is 0 Å². The smallest absolute Gasteiger partial charge is 0.164 e. The predicted octanol–water partition coefficient (Wildman–Crippen LogP) is 14.6. The quantitative estimate of drug-likeness (QED) is 0.164. The maximum Gasteiger partial charge on any atom is 0.164 e. The summed E-state index contributed by atoms with van der Waals surface area (Å²) in [4.78, 5) is 20.5. The molecule has 0 radical (unpaired) electrons. The normalized spacial score (nSPS) is 11.7. The molecule has 274 valence electrons. The molecule has 4 nitrogen and oxygen atoms in total. The molecule has 0 unspecified atom stereocenters. The van der Waals surface area contributed by atoms with Crippen molar-refractivity contribution in [3.05, 3.63) is 194 Å². The second kappa shape index (κ2) is 13.5. The average molecular weight is 769 g/mol. The van der Waals surface area contributed by atoms with Crippen LogP contribution in [0, 0.1) is 0 Å². The van der Waals surface area contributed by atoms with E-state index < -0.39 is 0 Å². The second-order valence-electron chi connectivity index (χ2n) is 15.0. The molecule has 0 bridgehead atoms. The maximum absolute atomic E-state index is 5.23. The molecule has 5 heteroatoms. The fourth-order valence-electron chi connectivity index (χ4n) is 8.68. The van der Waals surface area contributed by atoms with Gasteiger partial charge in [0.15, 0.2) is 17.5 Å². The SMILES string of the molecule is c1ccc(-c2nc(-c3ccc(-c4nc5ccccc5c5c4sc4ccccc45)cc3)nc(-c3cccc(-c4ccc5c6ccccc6c6ccccc6c5c4)c3)n2)cc1. The lowest BCUT2D eigenvalue weighted by Crippen LogP contribution is -2.00. The maximum atomic E-state index is 5.23. The molecule has 0 N–H and O–H groups in total. The number of pyridine rings is 1. The minimum atomic E-state index is 0.619. The number of nitrogens with zero attached hydrogens (tertiary/aromatic N) is 4. The predicted molar refractivity (Wildman–Crippen MR) is 248 cm³/mol. The Bertz CT molecular complexity index is 3580. The first-order valence-electron chi connectivity index (χ1n) is 19.8. The van der Waals surface area contributed by atoms with Crippen molar-refractivity contribution in [2.24, 2.45) is 0 Å². The lowest BCUT2D eigenvalue weighted by atomic mass is 9.92. The van der Waals surface area contributed by atoms with Gasteiger partial charge in [0.1, 0.15) is 0 Å². The van der Waals surface area contributed by atoms with Gasteiger partial charge in [0.05, 0.1) is 15.9 Å². The van der Waals surface area contributed by atoms with Gasteiger partial charge in [-0.3, -0.25) is 0 Å². The van der Waals surface area contributed by atoms with Crippen molar-refractivity contribution in [1.29, 1.82) is 0 Å². The average Bonchev–Trinajstić information content (AvgIpc) is 3.72. The van der Waals surface area contributed by atoms with E-state index in [-0.39, 0.29) is 0 Å². The van der Waals surface area contributed by atoms with Gasteiger partial charge in [-0.1, -0.05) is 170 Å². The fraction of sp³-hybridized carbons (Fsp3) is 0. The molecule has 0 aliphatic carbocycles. The van der Waals surface area contributed by atoms with Crippen LogP contribution in [0.3, 0.4) is 0 Å². The van der Waals surface area contributed by atoms with E-state index in [4.69, 9.17) is 19.9 Å². The molecular formula is C54H32N4S. The number of hydrogen-bond acceptors (Lipinski definition) is 5. The van der Waals surface area contributed by atoms with Gasteiger partial charge >= 0.3 is 0 Å². The number of para-hydroxylation sites is 1. The van der Waals surface area contributed by atoms with Crippen LogP contribution in [-0.4, -0.2) is 19.9 Å². The van der Waals surface area contributed by atoms with Crippen LogP contribution in [-0.2, 0) is 0 Å². The van der Waals surface area contributed by atoms with Crippen molar-refractivity contribution in [1.82, 2.24) is 19.9 Å². The van der Waals surface area contributed by atoms with Crippen LogP contribution in [0.5, 0.6) is 0 Å². The third-order valence-corrected chi connectivity index (χ3v) is 12.7. The molecule has 0 saturated carbocycles. The zero-order valence-corrected chi connectivity index (χ0v) is 32.5. The van der Waals surface area contributed by atoms with E-state index in [1.165, 1.54) is 57.9 Å². The summed E-state index contributed by atoms with van der Waals surface area (Å²) in [5.41, 5.74) is 8.05. The molecule has 12 aromatic rings. The molecule has 12 rings (SSSR count). The number of fused-ring (bicyclic) bond motifs is 11. The molecular weight excluding hydrogens is 737 g/mol. The van der Waals surface area contributed by atoms with Crippen molar-refractivity contribution in [2.45, 2.75) is 0 Å². The van der Waals surface area contributed by atoms with Crippen LogP contribution < -0.4 is 0 Å². The highest BCUT2D eigenvalue weighted by Crippen LogP contribution is 2.43. The molecule has 0 atom stereocenters. The highest BCUT2D eigenvalue weighted by molar-refractivity contribution is 7.26. The lowest BCUT2D eigenvalue weighted by molar-refractivity contribution is 1.07. The second-order valence-corrected chi connectivity index (χ2v) is 16.0. The Morgan fingerprint density at radius 3 is 1.47 bits per heavy atom. The van der Waals surface area contributed by atoms with Crippen LogP contribution in [0.25, 0.3) is 120 Å². The van der Waals surface area contributed by atoms with Crippen LogP contribution in [0.4, 0.5) is 0 Å². The lowest BCUT2D eigenvalue weighted by Gasteiger charge is -2.13. The highest BCUT2D eigenvalue weighted by atomic mass is 32.1. The van der Waals surface area contributed by atoms with Crippen LogP contribution in [0.15, 0.2) is 194 Å². The Balaban J connectivity index is 0.972. The Morgan fingerprint density at radius 1 is 0.288 bits per heavy atom. The molecule has 3 aromatic heterocycles. The summed E-state index contributed by atoms with van der Waals surface area (Å²) in [6, 6.07) is 68.6. The van der Waals surface area contributed by atoms with Crippen molar-refractivity contribution in [3.8, 4) is 56.5 Å². The monoisotopic (exact) mass is 768 g/mol. The van der Waals surface area contributed by atoms with Gasteiger partial charge in [-0.15, -0.1) is 11.3 Å². The third-order valence-electron chi connectivity index (χ3n) is 11.5.